The number of anilines is 3. The number of benzene rings is 10. The second kappa shape index (κ2) is 16.0. The highest BCUT2D eigenvalue weighted by Gasteiger charge is 2.15. The highest BCUT2D eigenvalue weighted by molar-refractivity contribution is 5.93. The molecule has 0 aromatic heterocycles. The zero-order chi connectivity index (χ0) is 39.4. The van der Waals surface area contributed by atoms with Crippen molar-refractivity contribution in [2.45, 2.75) is 0 Å². The van der Waals surface area contributed by atoms with E-state index in [9.17, 15) is 0 Å². The molecule has 1 heteroatoms. The molecular weight excluding hydrogens is 711 g/mol. The fraction of sp³-hybridized carbons (Fsp3) is 0. The summed E-state index contributed by atoms with van der Waals surface area (Å²) in [6.45, 7) is 0. The quantitative estimate of drug-likeness (QED) is 0.142. The molecule has 59 heavy (non-hydrogen) atoms. The minimum absolute atomic E-state index is 1.09. The summed E-state index contributed by atoms with van der Waals surface area (Å²) >= 11 is 0. The van der Waals surface area contributed by atoms with Gasteiger partial charge in [-0.3, -0.25) is 0 Å². The van der Waals surface area contributed by atoms with Crippen LogP contribution in [0.5, 0.6) is 0 Å². The van der Waals surface area contributed by atoms with Crippen molar-refractivity contribution in [1.82, 2.24) is 0 Å². The van der Waals surface area contributed by atoms with Crippen molar-refractivity contribution in [2.24, 2.45) is 0 Å². The van der Waals surface area contributed by atoms with E-state index >= 15 is 0 Å². The van der Waals surface area contributed by atoms with Gasteiger partial charge in [0.25, 0.3) is 0 Å². The second-order valence-corrected chi connectivity index (χ2v) is 15.0. The van der Waals surface area contributed by atoms with Crippen LogP contribution in [0.15, 0.2) is 249 Å². The lowest BCUT2D eigenvalue weighted by atomic mass is 9.90. The van der Waals surface area contributed by atoms with Crippen molar-refractivity contribution in [1.29, 1.82) is 0 Å². The molecule has 10 aromatic rings. The molecule has 10 aromatic carbocycles. The first kappa shape index (κ1) is 35.7. The topological polar surface area (TPSA) is 3.24 Å². The van der Waals surface area contributed by atoms with Gasteiger partial charge in [0.2, 0.25) is 0 Å². The van der Waals surface area contributed by atoms with Crippen LogP contribution in [0.3, 0.4) is 0 Å². The standard InChI is InChI=1S/C58H41N/c1-4-12-42(13-5-1)45-20-22-46(23-21-45)48-28-35-55(36-29-48)59(54-33-26-47(27-34-54)43-14-6-2-7-15-43)56-37-30-49(31-38-56)52-32-39-57(58(41-52)50-17-8-3-9-18-50)53-25-24-44-16-10-11-19-51(44)40-53/h1-41H. The Balaban J connectivity index is 0.998. The van der Waals surface area contributed by atoms with Gasteiger partial charge >= 0.3 is 0 Å². The summed E-state index contributed by atoms with van der Waals surface area (Å²) in [5, 5.41) is 2.50. The van der Waals surface area contributed by atoms with E-state index in [0.717, 1.165) is 17.1 Å². The van der Waals surface area contributed by atoms with Crippen LogP contribution in [0.2, 0.25) is 0 Å². The Morgan fingerprint density at radius 1 is 0.186 bits per heavy atom. The fourth-order valence-corrected chi connectivity index (χ4v) is 8.16. The van der Waals surface area contributed by atoms with Gasteiger partial charge in [0.05, 0.1) is 0 Å². The highest BCUT2D eigenvalue weighted by Crippen LogP contribution is 2.40. The molecule has 0 spiro atoms. The van der Waals surface area contributed by atoms with Gasteiger partial charge in [-0.15, -0.1) is 0 Å². The largest absolute Gasteiger partial charge is 0.311 e. The van der Waals surface area contributed by atoms with Crippen molar-refractivity contribution in [3.8, 4) is 66.8 Å². The van der Waals surface area contributed by atoms with Crippen LogP contribution in [0.1, 0.15) is 0 Å². The molecule has 0 N–H and O–H groups in total. The normalized spacial score (nSPS) is 11.1. The maximum Gasteiger partial charge on any atom is 0.0462 e. The first-order valence-corrected chi connectivity index (χ1v) is 20.2. The Morgan fingerprint density at radius 3 is 1.00 bits per heavy atom. The van der Waals surface area contributed by atoms with Crippen molar-refractivity contribution in [3.63, 3.8) is 0 Å². The summed E-state index contributed by atoms with van der Waals surface area (Å²) in [5.74, 6) is 0. The summed E-state index contributed by atoms with van der Waals surface area (Å²) in [4.78, 5) is 2.35. The molecule has 0 heterocycles. The third-order valence-corrected chi connectivity index (χ3v) is 11.3. The second-order valence-electron chi connectivity index (χ2n) is 15.0. The molecule has 10 rings (SSSR count). The Morgan fingerprint density at radius 2 is 0.525 bits per heavy atom. The van der Waals surface area contributed by atoms with Gasteiger partial charge in [-0.05, 0) is 126 Å². The summed E-state index contributed by atoms with van der Waals surface area (Å²) in [6, 6.07) is 89.8. The molecule has 1 nitrogen and oxygen atoms in total. The van der Waals surface area contributed by atoms with Crippen LogP contribution in [0.4, 0.5) is 17.1 Å². The highest BCUT2D eigenvalue weighted by atomic mass is 15.1. The molecule has 0 aliphatic carbocycles. The van der Waals surface area contributed by atoms with E-state index in [-0.39, 0.29) is 0 Å². The molecule has 0 atom stereocenters. The zero-order valence-electron chi connectivity index (χ0n) is 32.6. The van der Waals surface area contributed by atoms with Gasteiger partial charge < -0.3 is 4.90 Å². The van der Waals surface area contributed by atoms with Gasteiger partial charge in [0, 0.05) is 17.1 Å². The first-order valence-electron chi connectivity index (χ1n) is 20.2. The smallest absolute Gasteiger partial charge is 0.0462 e. The van der Waals surface area contributed by atoms with Crippen LogP contribution < -0.4 is 4.90 Å². The summed E-state index contributed by atoms with van der Waals surface area (Å²) in [6.07, 6.45) is 0. The van der Waals surface area contributed by atoms with E-state index in [1.807, 2.05) is 0 Å². The number of hydrogen-bond donors (Lipinski definition) is 0. The fourth-order valence-electron chi connectivity index (χ4n) is 8.16. The molecule has 0 amide bonds. The summed E-state index contributed by atoms with van der Waals surface area (Å²) in [7, 11) is 0. The van der Waals surface area contributed by atoms with E-state index < -0.39 is 0 Å². The first-order chi connectivity index (χ1) is 29.2. The average molecular weight is 752 g/mol. The van der Waals surface area contributed by atoms with Gasteiger partial charge in [-0.1, -0.05) is 200 Å². The minimum atomic E-state index is 1.09. The van der Waals surface area contributed by atoms with Crippen molar-refractivity contribution >= 4 is 27.8 Å². The van der Waals surface area contributed by atoms with E-state index in [1.54, 1.807) is 0 Å². The molecule has 0 fully saturated rings. The maximum absolute atomic E-state index is 2.35. The molecule has 0 unspecified atom stereocenters. The number of hydrogen-bond acceptors (Lipinski definition) is 1. The van der Waals surface area contributed by atoms with Crippen LogP contribution >= 0.6 is 0 Å². The Hall–Kier alpha value is -7.74. The van der Waals surface area contributed by atoms with Crippen molar-refractivity contribution < 1.29 is 0 Å². The van der Waals surface area contributed by atoms with Crippen LogP contribution in [-0.2, 0) is 0 Å². The molecule has 0 aliphatic rings. The maximum atomic E-state index is 2.35. The lowest BCUT2D eigenvalue weighted by Gasteiger charge is -2.26. The Bertz CT molecular complexity index is 2970. The van der Waals surface area contributed by atoms with Crippen LogP contribution in [0.25, 0.3) is 77.5 Å². The van der Waals surface area contributed by atoms with E-state index in [2.05, 4.69) is 254 Å². The van der Waals surface area contributed by atoms with Gasteiger partial charge in [0.1, 0.15) is 0 Å². The van der Waals surface area contributed by atoms with Crippen molar-refractivity contribution in [2.75, 3.05) is 4.90 Å². The van der Waals surface area contributed by atoms with E-state index in [1.165, 1.54) is 77.5 Å². The number of nitrogens with zero attached hydrogens (tertiary/aromatic N) is 1. The van der Waals surface area contributed by atoms with E-state index in [4.69, 9.17) is 0 Å². The van der Waals surface area contributed by atoms with Gasteiger partial charge in [-0.2, -0.15) is 0 Å². The van der Waals surface area contributed by atoms with Gasteiger partial charge in [0.15, 0.2) is 0 Å². The molecule has 0 saturated heterocycles. The lowest BCUT2D eigenvalue weighted by Crippen LogP contribution is -2.09. The monoisotopic (exact) mass is 751 g/mol. The third kappa shape index (κ3) is 7.46. The molecule has 0 bridgehead atoms. The summed E-state index contributed by atoms with van der Waals surface area (Å²) in [5.41, 5.74) is 17.7. The minimum Gasteiger partial charge on any atom is -0.311 e. The summed E-state index contributed by atoms with van der Waals surface area (Å²) < 4.78 is 0. The predicted octanol–water partition coefficient (Wildman–Crippen LogP) is 16.3. The van der Waals surface area contributed by atoms with Crippen molar-refractivity contribution in [3.05, 3.63) is 249 Å². The van der Waals surface area contributed by atoms with Gasteiger partial charge in [-0.25, -0.2) is 0 Å². The Kier molecular flexibility index (Phi) is 9.68. The van der Waals surface area contributed by atoms with Crippen LogP contribution in [-0.4, -0.2) is 0 Å². The molecule has 0 radical (unpaired) electrons. The number of rotatable bonds is 9. The predicted molar refractivity (Wildman–Crippen MR) is 251 cm³/mol. The van der Waals surface area contributed by atoms with Crippen LogP contribution in [0, 0.1) is 0 Å². The lowest BCUT2D eigenvalue weighted by molar-refractivity contribution is 1.28. The SMILES string of the molecule is c1ccc(-c2ccc(-c3ccc(N(c4ccc(-c5ccccc5)cc4)c4ccc(-c5ccc(-c6ccc7ccccc7c6)c(-c6ccccc6)c5)cc4)cc3)cc2)cc1. The molecular formula is C58H41N. The molecule has 278 valence electrons. The molecule has 0 saturated carbocycles. The average Bonchev–Trinajstić information content (AvgIpc) is 3.33. The van der Waals surface area contributed by atoms with E-state index in [0.29, 0.717) is 0 Å². The Labute approximate surface area is 346 Å². The third-order valence-electron chi connectivity index (χ3n) is 11.3. The zero-order valence-corrected chi connectivity index (χ0v) is 32.6. The number of fused-ring (bicyclic) bond motifs is 1. The molecule has 0 aliphatic heterocycles.